The van der Waals surface area contributed by atoms with Crippen LogP contribution >= 0.6 is 11.6 Å². The second kappa shape index (κ2) is 6.93. The fourth-order valence-corrected chi connectivity index (χ4v) is 1.84. The Balaban J connectivity index is 1.94. The van der Waals surface area contributed by atoms with Gasteiger partial charge in [-0.2, -0.15) is 0 Å². The molecule has 0 aliphatic rings. The van der Waals surface area contributed by atoms with Crippen LogP contribution < -0.4 is 5.32 Å². The molecule has 1 amide bonds. The molecule has 1 atom stereocenters. The summed E-state index contributed by atoms with van der Waals surface area (Å²) in [7, 11) is 0. The number of esters is 1. The molecule has 1 aromatic carbocycles. The third-order valence-electron chi connectivity index (χ3n) is 2.87. The van der Waals surface area contributed by atoms with E-state index in [1.807, 2.05) is 0 Å². The number of ether oxygens (including phenoxy) is 1. The van der Waals surface area contributed by atoms with Crippen molar-refractivity contribution in [1.29, 1.82) is 0 Å². The minimum atomic E-state index is -1.06. The molecule has 0 fully saturated rings. The molecule has 8 nitrogen and oxygen atoms in total. The number of aromatic nitrogens is 1. The number of carbonyl (C=O) groups excluding carboxylic acids is 2. The van der Waals surface area contributed by atoms with Crippen molar-refractivity contribution in [3.05, 3.63) is 57.4 Å². The van der Waals surface area contributed by atoms with Crippen LogP contribution in [-0.4, -0.2) is 27.9 Å². The molecule has 0 spiro atoms. The highest BCUT2D eigenvalue weighted by molar-refractivity contribution is 6.30. The molecule has 2 N–H and O–H groups in total. The predicted molar refractivity (Wildman–Crippen MR) is 82.4 cm³/mol. The number of H-pyrrole nitrogens is 1. The van der Waals surface area contributed by atoms with Gasteiger partial charge < -0.3 is 15.0 Å². The molecule has 0 aliphatic heterocycles. The molecule has 120 valence electrons. The van der Waals surface area contributed by atoms with Crippen molar-refractivity contribution in [3.63, 3.8) is 0 Å². The molecule has 9 heteroatoms. The maximum Gasteiger partial charge on any atom is 0.355 e. The zero-order chi connectivity index (χ0) is 17.0. The van der Waals surface area contributed by atoms with Gasteiger partial charge in [-0.15, -0.1) is 0 Å². The van der Waals surface area contributed by atoms with E-state index in [2.05, 4.69) is 10.3 Å². The first-order valence-corrected chi connectivity index (χ1v) is 6.85. The Morgan fingerprint density at radius 1 is 1.35 bits per heavy atom. The average molecular weight is 338 g/mol. The maximum atomic E-state index is 11.9. The minimum Gasteiger partial charge on any atom is -0.448 e. The second-order valence-electron chi connectivity index (χ2n) is 4.57. The van der Waals surface area contributed by atoms with Gasteiger partial charge in [-0.25, -0.2) is 4.79 Å². The number of hydrogen-bond donors (Lipinski definition) is 2. The molecule has 1 unspecified atom stereocenters. The van der Waals surface area contributed by atoms with Crippen molar-refractivity contribution in [1.82, 2.24) is 4.98 Å². The first kappa shape index (κ1) is 16.5. The number of halogens is 1. The number of nitrogens with one attached hydrogen (secondary N) is 2. The van der Waals surface area contributed by atoms with Gasteiger partial charge in [0.05, 0.1) is 9.95 Å². The average Bonchev–Trinajstić information content (AvgIpc) is 2.94. The first-order chi connectivity index (χ1) is 10.9. The van der Waals surface area contributed by atoms with Gasteiger partial charge in [-0.3, -0.25) is 14.9 Å². The predicted octanol–water partition coefficient (Wildman–Crippen LogP) is 2.76. The van der Waals surface area contributed by atoms with Crippen molar-refractivity contribution in [3.8, 4) is 0 Å². The van der Waals surface area contributed by atoms with E-state index in [1.165, 1.54) is 43.5 Å². The van der Waals surface area contributed by atoms with E-state index in [4.69, 9.17) is 16.3 Å². The summed E-state index contributed by atoms with van der Waals surface area (Å²) in [6.45, 7) is 1.41. The summed E-state index contributed by atoms with van der Waals surface area (Å²) in [5.74, 6) is -1.28. The summed E-state index contributed by atoms with van der Waals surface area (Å²) in [5, 5.41) is 13.4. The summed E-state index contributed by atoms with van der Waals surface area (Å²) in [5.41, 5.74) is 0.391. The Hall–Kier alpha value is -2.87. The van der Waals surface area contributed by atoms with Crippen LogP contribution in [0.1, 0.15) is 17.4 Å². The number of non-ortho nitro benzene ring substituents is 1. The van der Waals surface area contributed by atoms with E-state index in [-0.39, 0.29) is 11.4 Å². The summed E-state index contributed by atoms with van der Waals surface area (Å²) in [4.78, 5) is 36.3. The van der Waals surface area contributed by atoms with Crippen LogP contribution in [0.5, 0.6) is 0 Å². The van der Waals surface area contributed by atoms with Gasteiger partial charge in [0, 0.05) is 24.0 Å². The van der Waals surface area contributed by atoms with Crippen LogP contribution in [0.15, 0.2) is 36.5 Å². The van der Waals surface area contributed by atoms with Crippen LogP contribution in [0.3, 0.4) is 0 Å². The number of hydrogen-bond acceptors (Lipinski definition) is 5. The topological polar surface area (TPSA) is 114 Å². The number of rotatable bonds is 5. The normalized spacial score (nSPS) is 11.6. The quantitative estimate of drug-likeness (QED) is 0.494. The van der Waals surface area contributed by atoms with Crippen molar-refractivity contribution in [2.75, 3.05) is 5.32 Å². The van der Waals surface area contributed by atoms with Crippen molar-refractivity contribution in [2.45, 2.75) is 13.0 Å². The Labute approximate surface area is 135 Å². The largest absolute Gasteiger partial charge is 0.448 e. The number of nitrogens with zero attached hydrogens (tertiary/aromatic N) is 1. The van der Waals surface area contributed by atoms with Crippen LogP contribution in [0.4, 0.5) is 11.4 Å². The molecular weight excluding hydrogens is 326 g/mol. The van der Waals surface area contributed by atoms with Gasteiger partial charge >= 0.3 is 5.97 Å². The number of benzene rings is 1. The Morgan fingerprint density at radius 2 is 2.00 bits per heavy atom. The summed E-state index contributed by atoms with van der Waals surface area (Å²) >= 11 is 5.68. The highest BCUT2D eigenvalue weighted by Gasteiger charge is 2.20. The Kier molecular flexibility index (Phi) is 4.97. The number of carbonyl (C=O) groups is 2. The molecule has 2 aromatic rings. The Morgan fingerprint density at radius 3 is 2.52 bits per heavy atom. The first-order valence-electron chi connectivity index (χ1n) is 6.47. The number of anilines is 1. The van der Waals surface area contributed by atoms with E-state index in [1.54, 1.807) is 0 Å². The van der Waals surface area contributed by atoms with E-state index < -0.39 is 22.9 Å². The van der Waals surface area contributed by atoms with Crippen LogP contribution in [-0.2, 0) is 9.53 Å². The minimum absolute atomic E-state index is 0.0916. The number of nitro benzene ring substituents is 1. The van der Waals surface area contributed by atoms with Gasteiger partial charge in [0.25, 0.3) is 11.6 Å². The molecule has 0 bridgehead atoms. The molecule has 0 saturated heterocycles. The fourth-order valence-electron chi connectivity index (χ4n) is 1.67. The highest BCUT2D eigenvalue weighted by atomic mass is 35.5. The molecule has 0 radical (unpaired) electrons. The van der Waals surface area contributed by atoms with Gasteiger partial charge in [-0.05, 0) is 25.1 Å². The van der Waals surface area contributed by atoms with Crippen LogP contribution in [0, 0.1) is 10.1 Å². The van der Waals surface area contributed by atoms with Crippen molar-refractivity contribution >= 4 is 34.9 Å². The standard InChI is InChI=1S/C14H12ClN3O5/c1-8(23-14(20)12-6-9(15)7-16-12)13(19)17-10-2-4-11(5-3-10)18(21)22/h2-8,16H,1H3,(H,17,19). The third-order valence-corrected chi connectivity index (χ3v) is 3.08. The van der Waals surface area contributed by atoms with Crippen LogP contribution in [0.25, 0.3) is 0 Å². The maximum absolute atomic E-state index is 11.9. The van der Waals surface area contributed by atoms with Gasteiger partial charge in [-0.1, -0.05) is 11.6 Å². The summed E-state index contributed by atoms with van der Waals surface area (Å²) in [6.07, 6.45) is 0.361. The van der Waals surface area contributed by atoms with Crippen molar-refractivity contribution in [2.24, 2.45) is 0 Å². The monoisotopic (exact) mass is 337 g/mol. The zero-order valence-electron chi connectivity index (χ0n) is 11.9. The lowest BCUT2D eigenvalue weighted by molar-refractivity contribution is -0.384. The van der Waals surface area contributed by atoms with Gasteiger partial charge in [0.1, 0.15) is 5.69 Å². The SMILES string of the molecule is CC(OC(=O)c1cc(Cl)c[nH]1)C(=O)Nc1ccc([N+](=O)[O-])cc1. The van der Waals surface area contributed by atoms with Crippen molar-refractivity contribution < 1.29 is 19.2 Å². The van der Waals surface area contributed by atoms with E-state index in [9.17, 15) is 19.7 Å². The molecule has 0 aliphatic carbocycles. The lowest BCUT2D eigenvalue weighted by Gasteiger charge is -2.12. The zero-order valence-corrected chi connectivity index (χ0v) is 12.7. The molecule has 1 aromatic heterocycles. The molecule has 0 saturated carbocycles. The van der Waals surface area contributed by atoms with Gasteiger partial charge in [0.15, 0.2) is 6.10 Å². The van der Waals surface area contributed by atoms with E-state index in [0.717, 1.165) is 0 Å². The third kappa shape index (κ3) is 4.30. The van der Waals surface area contributed by atoms with E-state index >= 15 is 0 Å². The van der Waals surface area contributed by atoms with Gasteiger partial charge in [0.2, 0.25) is 0 Å². The summed E-state index contributed by atoms with van der Waals surface area (Å²) in [6, 6.07) is 6.66. The number of nitro groups is 1. The summed E-state index contributed by atoms with van der Waals surface area (Å²) < 4.78 is 5.00. The van der Waals surface area contributed by atoms with E-state index in [0.29, 0.717) is 10.7 Å². The number of aromatic amines is 1. The smallest absolute Gasteiger partial charge is 0.355 e. The Bertz CT molecular complexity index is 741. The highest BCUT2D eigenvalue weighted by Crippen LogP contribution is 2.16. The molecular formula is C14H12ClN3O5. The fraction of sp³-hybridized carbons (Fsp3) is 0.143. The lowest BCUT2D eigenvalue weighted by Crippen LogP contribution is -2.30. The van der Waals surface area contributed by atoms with Crippen LogP contribution in [0.2, 0.25) is 5.02 Å². The second-order valence-corrected chi connectivity index (χ2v) is 5.01. The lowest BCUT2D eigenvalue weighted by atomic mass is 10.2. The molecule has 23 heavy (non-hydrogen) atoms. The molecule has 2 rings (SSSR count). The number of amides is 1. The molecule has 1 heterocycles.